The Morgan fingerprint density at radius 1 is 1.00 bits per heavy atom. The zero-order chi connectivity index (χ0) is 19.5. The summed E-state index contributed by atoms with van der Waals surface area (Å²) in [5.41, 5.74) is 3.60. The van der Waals surface area contributed by atoms with Gasteiger partial charge in [0.2, 0.25) is 0 Å². The fourth-order valence-electron chi connectivity index (χ4n) is 2.56. The van der Waals surface area contributed by atoms with E-state index in [-0.39, 0.29) is 13.0 Å². The average molecular weight is 364 g/mol. The minimum atomic E-state index is -0.434. The summed E-state index contributed by atoms with van der Waals surface area (Å²) in [4.78, 5) is 23.8. The topological polar surface area (TPSA) is 79.2 Å². The number of nitrogens with zero attached hydrogens (tertiary/aromatic N) is 1. The van der Waals surface area contributed by atoms with Crippen LogP contribution in [0.4, 0.5) is 5.69 Å². The Morgan fingerprint density at radius 3 is 2.26 bits per heavy atom. The summed E-state index contributed by atoms with van der Waals surface area (Å²) in [7, 11) is 0. The van der Waals surface area contributed by atoms with Crippen LogP contribution in [0.15, 0.2) is 48.5 Å². The Labute approximate surface area is 160 Å². The van der Waals surface area contributed by atoms with Gasteiger partial charge in [-0.25, -0.2) is 0 Å². The first kappa shape index (κ1) is 20.2. The van der Waals surface area contributed by atoms with E-state index in [1.54, 1.807) is 24.3 Å². The maximum absolute atomic E-state index is 11.9. The number of unbranched alkanes of at least 4 members (excludes halogenated alkanes) is 1. The third-order valence-corrected chi connectivity index (χ3v) is 4.08. The number of ether oxygens (including phenoxy) is 1. The molecule has 0 radical (unpaired) electrons. The summed E-state index contributed by atoms with van der Waals surface area (Å²) in [6.45, 7) is 1.83. The number of anilines is 1. The monoisotopic (exact) mass is 364 g/mol. The Hall–Kier alpha value is -3.13. The van der Waals surface area contributed by atoms with Gasteiger partial charge in [0.15, 0.2) is 6.61 Å². The van der Waals surface area contributed by atoms with Crippen molar-refractivity contribution in [2.24, 2.45) is 0 Å². The lowest BCUT2D eigenvalue weighted by Crippen LogP contribution is -2.21. The molecule has 27 heavy (non-hydrogen) atoms. The summed E-state index contributed by atoms with van der Waals surface area (Å²) in [5.74, 6) is -0.831. The number of nitriles is 1. The number of aryl methyl sites for hydroxylation is 1. The van der Waals surface area contributed by atoms with Crippen molar-refractivity contribution in [3.8, 4) is 6.07 Å². The van der Waals surface area contributed by atoms with Gasteiger partial charge in [-0.05, 0) is 41.7 Å². The van der Waals surface area contributed by atoms with Gasteiger partial charge in [-0.1, -0.05) is 49.7 Å². The molecule has 0 aromatic heterocycles. The molecule has 0 saturated carbocycles. The van der Waals surface area contributed by atoms with Crippen LogP contribution >= 0.6 is 0 Å². The van der Waals surface area contributed by atoms with E-state index in [1.165, 1.54) is 5.56 Å². The van der Waals surface area contributed by atoms with Crippen LogP contribution in [0.3, 0.4) is 0 Å². The number of carbonyl (C=O) groups is 2. The number of nitrogens with one attached hydrogen (secondary N) is 1. The zero-order valence-electron chi connectivity index (χ0n) is 15.5. The molecule has 1 N–H and O–H groups in total. The number of benzene rings is 2. The number of carbonyl (C=O) groups excluding carboxylic acids is 2. The molecule has 2 rings (SSSR count). The first-order chi connectivity index (χ1) is 13.1. The van der Waals surface area contributed by atoms with Crippen molar-refractivity contribution in [2.75, 3.05) is 11.9 Å². The molecular formula is C22H24N2O3. The molecule has 1 amide bonds. The van der Waals surface area contributed by atoms with Crippen LogP contribution < -0.4 is 5.32 Å². The number of hydrogen-bond donors (Lipinski definition) is 1. The number of rotatable bonds is 9. The predicted octanol–water partition coefficient (Wildman–Crippen LogP) is 3.82. The molecule has 2 aromatic carbocycles. The van der Waals surface area contributed by atoms with Crippen LogP contribution in [-0.2, 0) is 33.6 Å². The van der Waals surface area contributed by atoms with E-state index in [9.17, 15) is 9.59 Å². The van der Waals surface area contributed by atoms with Crippen molar-refractivity contribution in [1.29, 1.82) is 5.26 Å². The van der Waals surface area contributed by atoms with Crippen molar-refractivity contribution < 1.29 is 14.3 Å². The summed E-state index contributed by atoms with van der Waals surface area (Å²) in [6.07, 6.45) is 3.81. The molecule has 0 aliphatic rings. The lowest BCUT2D eigenvalue weighted by atomic mass is 10.1. The summed E-state index contributed by atoms with van der Waals surface area (Å²) in [5, 5.41) is 11.3. The van der Waals surface area contributed by atoms with Crippen molar-refractivity contribution >= 4 is 17.6 Å². The molecule has 0 aliphatic carbocycles. The average Bonchev–Trinajstić information content (AvgIpc) is 2.68. The van der Waals surface area contributed by atoms with Crippen LogP contribution in [0.5, 0.6) is 0 Å². The van der Waals surface area contributed by atoms with Gasteiger partial charge in [0.25, 0.3) is 5.91 Å². The maximum atomic E-state index is 11.9. The number of esters is 1. The Bertz CT molecular complexity index is 790. The van der Waals surface area contributed by atoms with Gasteiger partial charge in [0, 0.05) is 5.69 Å². The lowest BCUT2D eigenvalue weighted by Gasteiger charge is -2.08. The molecule has 0 bridgehead atoms. The second-order valence-electron chi connectivity index (χ2n) is 6.34. The normalized spacial score (nSPS) is 10.1. The minimum Gasteiger partial charge on any atom is -0.455 e. The molecule has 0 heterocycles. The second kappa shape index (κ2) is 10.8. The van der Waals surface area contributed by atoms with Crippen LogP contribution in [0.25, 0.3) is 0 Å². The highest BCUT2D eigenvalue weighted by atomic mass is 16.5. The van der Waals surface area contributed by atoms with E-state index < -0.39 is 11.9 Å². The van der Waals surface area contributed by atoms with Gasteiger partial charge in [-0.15, -0.1) is 0 Å². The quantitative estimate of drug-likeness (QED) is 0.686. The second-order valence-corrected chi connectivity index (χ2v) is 6.34. The van der Waals surface area contributed by atoms with Gasteiger partial charge in [-0.3, -0.25) is 9.59 Å². The summed E-state index contributed by atoms with van der Waals surface area (Å²) >= 11 is 0. The van der Waals surface area contributed by atoms with Gasteiger partial charge in [0.1, 0.15) is 0 Å². The van der Waals surface area contributed by atoms with E-state index in [2.05, 4.69) is 18.3 Å². The van der Waals surface area contributed by atoms with Crippen molar-refractivity contribution in [1.82, 2.24) is 0 Å². The maximum Gasteiger partial charge on any atom is 0.310 e. The predicted molar refractivity (Wildman–Crippen MR) is 104 cm³/mol. The highest BCUT2D eigenvalue weighted by Gasteiger charge is 2.09. The smallest absolute Gasteiger partial charge is 0.310 e. The molecule has 0 fully saturated rings. The third kappa shape index (κ3) is 7.33. The van der Waals surface area contributed by atoms with Gasteiger partial charge in [0.05, 0.1) is 18.9 Å². The van der Waals surface area contributed by atoms with Crippen LogP contribution in [0.2, 0.25) is 0 Å². The molecule has 140 valence electrons. The molecule has 0 unspecified atom stereocenters. The SMILES string of the molecule is CCCCc1ccc(CC(=O)OCC(=O)Nc2ccc(CC#N)cc2)cc1. The van der Waals surface area contributed by atoms with Crippen LogP contribution in [0, 0.1) is 11.3 Å². The van der Waals surface area contributed by atoms with Crippen molar-refractivity contribution in [3.63, 3.8) is 0 Å². The molecule has 0 spiro atoms. The van der Waals surface area contributed by atoms with E-state index in [4.69, 9.17) is 10.00 Å². The molecular weight excluding hydrogens is 340 g/mol. The largest absolute Gasteiger partial charge is 0.455 e. The Balaban J connectivity index is 1.74. The first-order valence-corrected chi connectivity index (χ1v) is 9.10. The highest BCUT2D eigenvalue weighted by molar-refractivity contribution is 5.92. The van der Waals surface area contributed by atoms with Crippen LogP contribution in [-0.4, -0.2) is 18.5 Å². The van der Waals surface area contributed by atoms with Crippen molar-refractivity contribution in [2.45, 2.75) is 39.0 Å². The van der Waals surface area contributed by atoms with Gasteiger partial charge < -0.3 is 10.1 Å². The highest BCUT2D eigenvalue weighted by Crippen LogP contribution is 2.11. The fourth-order valence-corrected chi connectivity index (χ4v) is 2.56. The Morgan fingerprint density at radius 2 is 1.63 bits per heavy atom. The van der Waals surface area contributed by atoms with Crippen LogP contribution in [0.1, 0.15) is 36.5 Å². The molecule has 2 aromatic rings. The molecule has 0 atom stereocenters. The lowest BCUT2D eigenvalue weighted by molar-refractivity contribution is -0.146. The number of hydrogen-bond acceptors (Lipinski definition) is 4. The Kier molecular flexibility index (Phi) is 8.05. The first-order valence-electron chi connectivity index (χ1n) is 9.10. The summed E-state index contributed by atoms with van der Waals surface area (Å²) in [6, 6.07) is 16.9. The standard InChI is InChI=1S/C22H24N2O3/c1-2-3-4-17-5-7-19(8-6-17)15-22(26)27-16-21(25)24-20-11-9-18(10-12-20)13-14-23/h5-12H,2-4,13,15-16H2,1H3,(H,24,25). The van der Waals surface area contributed by atoms with Crippen molar-refractivity contribution in [3.05, 3.63) is 65.2 Å². The third-order valence-electron chi connectivity index (χ3n) is 4.08. The molecule has 5 nitrogen and oxygen atoms in total. The van der Waals surface area contributed by atoms with E-state index >= 15 is 0 Å². The van der Waals surface area contributed by atoms with Gasteiger partial charge >= 0.3 is 5.97 Å². The number of amides is 1. The van der Waals surface area contributed by atoms with E-state index in [1.807, 2.05) is 24.3 Å². The zero-order valence-corrected chi connectivity index (χ0v) is 15.5. The molecule has 0 aliphatic heterocycles. The minimum absolute atomic E-state index is 0.143. The summed E-state index contributed by atoms with van der Waals surface area (Å²) < 4.78 is 5.04. The van der Waals surface area contributed by atoms with E-state index in [0.717, 1.165) is 30.4 Å². The fraction of sp³-hybridized carbons (Fsp3) is 0.318. The van der Waals surface area contributed by atoms with E-state index in [0.29, 0.717) is 12.1 Å². The molecule has 0 saturated heterocycles. The van der Waals surface area contributed by atoms with Gasteiger partial charge in [-0.2, -0.15) is 5.26 Å². The molecule has 5 heteroatoms.